The Labute approximate surface area is 161 Å². The van der Waals surface area contributed by atoms with Gasteiger partial charge in [0.2, 0.25) is 5.75 Å². The minimum atomic E-state index is -0.164. The zero-order valence-corrected chi connectivity index (χ0v) is 16.6. The summed E-state index contributed by atoms with van der Waals surface area (Å²) in [6, 6.07) is 13.5. The van der Waals surface area contributed by atoms with E-state index in [9.17, 15) is 4.79 Å². The van der Waals surface area contributed by atoms with Crippen molar-refractivity contribution in [3.63, 3.8) is 0 Å². The SMILES string of the molecule is CCOc1cc(C(=O)NC[C@H](C)c2ccccc2)cc(OCC)c1OCC. The molecule has 0 heterocycles. The summed E-state index contributed by atoms with van der Waals surface area (Å²) >= 11 is 0. The molecule has 146 valence electrons. The quantitative estimate of drug-likeness (QED) is 0.672. The highest BCUT2D eigenvalue weighted by Crippen LogP contribution is 2.39. The van der Waals surface area contributed by atoms with E-state index in [0.717, 1.165) is 0 Å². The molecule has 1 N–H and O–H groups in total. The van der Waals surface area contributed by atoms with Crippen LogP contribution >= 0.6 is 0 Å². The average Bonchev–Trinajstić information content (AvgIpc) is 2.69. The highest BCUT2D eigenvalue weighted by atomic mass is 16.5. The van der Waals surface area contributed by atoms with E-state index in [0.29, 0.717) is 49.2 Å². The third-order valence-electron chi connectivity index (χ3n) is 4.11. The number of carbonyl (C=O) groups excluding carboxylic acids is 1. The summed E-state index contributed by atoms with van der Waals surface area (Å²) in [7, 11) is 0. The van der Waals surface area contributed by atoms with Crippen molar-refractivity contribution in [1.29, 1.82) is 0 Å². The van der Waals surface area contributed by atoms with Gasteiger partial charge in [-0.3, -0.25) is 4.79 Å². The normalized spacial score (nSPS) is 11.6. The van der Waals surface area contributed by atoms with E-state index in [1.165, 1.54) is 5.56 Å². The predicted octanol–water partition coefficient (Wildman–Crippen LogP) is 4.42. The summed E-state index contributed by atoms with van der Waals surface area (Å²) in [4.78, 5) is 12.7. The van der Waals surface area contributed by atoms with E-state index < -0.39 is 0 Å². The van der Waals surface area contributed by atoms with Crippen molar-refractivity contribution in [2.24, 2.45) is 0 Å². The Morgan fingerprint density at radius 3 is 2.00 bits per heavy atom. The van der Waals surface area contributed by atoms with Gasteiger partial charge in [0.25, 0.3) is 5.91 Å². The Hall–Kier alpha value is -2.69. The molecule has 1 amide bonds. The minimum Gasteiger partial charge on any atom is -0.490 e. The van der Waals surface area contributed by atoms with Crippen LogP contribution < -0.4 is 19.5 Å². The Bertz CT molecular complexity index is 703. The Balaban J connectivity index is 2.18. The standard InChI is InChI=1S/C22H29NO4/c1-5-25-19-13-18(14-20(26-6-2)21(19)27-7-3)22(24)23-15-16(4)17-11-9-8-10-12-17/h8-14,16H,5-7,15H2,1-4H3,(H,23,24)/t16-/m0/s1. The van der Waals surface area contributed by atoms with Crippen molar-refractivity contribution in [2.75, 3.05) is 26.4 Å². The van der Waals surface area contributed by atoms with Crippen LogP contribution in [-0.4, -0.2) is 32.3 Å². The van der Waals surface area contributed by atoms with Gasteiger partial charge in [0, 0.05) is 12.1 Å². The fraction of sp³-hybridized carbons (Fsp3) is 0.409. The van der Waals surface area contributed by atoms with Gasteiger partial charge < -0.3 is 19.5 Å². The van der Waals surface area contributed by atoms with Crippen molar-refractivity contribution in [1.82, 2.24) is 5.32 Å². The van der Waals surface area contributed by atoms with E-state index >= 15 is 0 Å². The van der Waals surface area contributed by atoms with Crippen molar-refractivity contribution in [3.05, 3.63) is 53.6 Å². The summed E-state index contributed by atoms with van der Waals surface area (Å²) in [6.07, 6.45) is 0. The fourth-order valence-electron chi connectivity index (χ4n) is 2.77. The molecule has 0 bridgehead atoms. The van der Waals surface area contributed by atoms with Crippen LogP contribution in [0.3, 0.4) is 0 Å². The smallest absolute Gasteiger partial charge is 0.251 e. The van der Waals surface area contributed by atoms with Crippen LogP contribution in [-0.2, 0) is 0 Å². The van der Waals surface area contributed by atoms with Crippen LogP contribution in [0.1, 0.15) is 49.5 Å². The van der Waals surface area contributed by atoms with E-state index in [1.54, 1.807) is 12.1 Å². The third-order valence-corrected chi connectivity index (χ3v) is 4.11. The van der Waals surface area contributed by atoms with Crippen LogP contribution in [0.2, 0.25) is 0 Å². The topological polar surface area (TPSA) is 56.8 Å². The molecule has 27 heavy (non-hydrogen) atoms. The molecule has 2 rings (SSSR count). The van der Waals surface area contributed by atoms with Crippen LogP contribution in [0.5, 0.6) is 17.2 Å². The number of hydrogen-bond acceptors (Lipinski definition) is 4. The van der Waals surface area contributed by atoms with Crippen molar-refractivity contribution in [2.45, 2.75) is 33.6 Å². The molecule has 0 fully saturated rings. The zero-order valence-electron chi connectivity index (χ0n) is 16.6. The van der Waals surface area contributed by atoms with E-state index in [2.05, 4.69) is 24.4 Å². The molecule has 0 aliphatic heterocycles. The highest BCUT2D eigenvalue weighted by molar-refractivity contribution is 5.95. The van der Waals surface area contributed by atoms with Gasteiger partial charge in [0.15, 0.2) is 11.5 Å². The first-order valence-corrected chi connectivity index (χ1v) is 9.50. The lowest BCUT2D eigenvalue weighted by atomic mass is 10.0. The summed E-state index contributed by atoms with van der Waals surface area (Å²) in [5.74, 6) is 1.63. The minimum absolute atomic E-state index is 0.164. The molecule has 0 aromatic heterocycles. The Morgan fingerprint density at radius 2 is 1.48 bits per heavy atom. The van der Waals surface area contributed by atoms with Gasteiger partial charge in [0.1, 0.15) is 0 Å². The first-order valence-electron chi connectivity index (χ1n) is 9.50. The van der Waals surface area contributed by atoms with Crippen LogP contribution in [0.15, 0.2) is 42.5 Å². The maximum Gasteiger partial charge on any atom is 0.251 e. The lowest BCUT2D eigenvalue weighted by Crippen LogP contribution is -2.27. The second kappa shape index (κ2) is 10.5. The molecular weight excluding hydrogens is 342 g/mol. The van der Waals surface area contributed by atoms with Gasteiger partial charge in [0.05, 0.1) is 19.8 Å². The number of hydrogen-bond donors (Lipinski definition) is 1. The Morgan fingerprint density at radius 1 is 0.926 bits per heavy atom. The van der Waals surface area contributed by atoms with Crippen molar-refractivity contribution in [3.8, 4) is 17.2 Å². The molecule has 2 aromatic carbocycles. The van der Waals surface area contributed by atoms with Gasteiger partial charge in [-0.25, -0.2) is 0 Å². The molecule has 0 radical (unpaired) electrons. The molecule has 5 heteroatoms. The number of nitrogens with one attached hydrogen (secondary N) is 1. The van der Waals surface area contributed by atoms with Crippen LogP contribution in [0, 0.1) is 0 Å². The molecular formula is C22H29NO4. The summed E-state index contributed by atoms with van der Waals surface area (Å²) < 4.78 is 17.0. The van der Waals surface area contributed by atoms with Crippen LogP contribution in [0.25, 0.3) is 0 Å². The summed E-state index contributed by atoms with van der Waals surface area (Å²) in [5.41, 5.74) is 1.68. The number of ether oxygens (including phenoxy) is 3. The number of amides is 1. The summed E-state index contributed by atoms with van der Waals surface area (Å²) in [5, 5.41) is 3.00. The van der Waals surface area contributed by atoms with Crippen molar-refractivity contribution >= 4 is 5.91 Å². The molecule has 1 atom stereocenters. The van der Waals surface area contributed by atoms with Gasteiger partial charge in [-0.05, 0) is 44.4 Å². The molecule has 0 unspecified atom stereocenters. The molecule has 0 saturated heterocycles. The summed E-state index contributed by atoms with van der Waals surface area (Å²) in [6.45, 7) is 9.75. The van der Waals surface area contributed by atoms with Gasteiger partial charge in [-0.1, -0.05) is 37.3 Å². The molecule has 2 aromatic rings. The number of rotatable bonds is 10. The average molecular weight is 371 g/mol. The predicted molar refractivity (Wildman–Crippen MR) is 107 cm³/mol. The zero-order chi connectivity index (χ0) is 19.6. The van der Waals surface area contributed by atoms with E-state index in [4.69, 9.17) is 14.2 Å². The Kier molecular flexibility index (Phi) is 7.99. The number of benzene rings is 2. The maximum absolute atomic E-state index is 12.7. The first kappa shape index (κ1) is 20.6. The molecule has 0 aliphatic carbocycles. The second-order valence-electron chi connectivity index (χ2n) is 6.12. The van der Waals surface area contributed by atoms with Gasteiger partial charge >= 0.3 is 0 Å². The van der Waals surface area contributed by atoms with Crippen molar-refractivity contribution < 1.29 is 19.0 Å². The fourth-order valence-corrected chi connectivity index (χ4v) is 2.77. The van der Waals surface area contributed by atoms with E-state index in [-0.39, 0.29) is 11.8 Å². The maximum atomic E-state index is 12.7. The monoisotopic (exact) mass is 371 g/mol. The molecule has 0 spiro atoms. The lowest BCUT2D eigenvalue weighted by molar-refractivity contribution is 0.0950. The first-order chi connectivity index (χ1) is 13.1. The van der Waals surface area contributed by atoms with Crippen LogP contribution in [0.4, 0.5) is 0 Å². The third kappa shape index (κ3) is 5.64. The largest absolute Gasteiger partial charge is 0.490 e. The van der Waals surface area contributed by atoms with E-state index in [1.807, 2.05) is 39.0 Å². The highest BCUT2D eigenvalue weighted by Gasteiger charge is 2.18. The second-order valence-corrected chi connectivity index (χ2v) is 6.12. The van der Waals surface area contributed by atoms with Gasteiger partial charge in [-0.15, -0.1) is 0 Å². The number of carbonyl (C=O) groups is 1. The molecule has 0 aliphatic rings. The molecule has 5 nitrogen and oxygen atoms in total. The molecule has 0 saturated carbocycles. The van der Waals surface area contributed by atoms with Gasteiger partial charge in [-0.2, -0.15) is 0 Å². The lowest BCUT2D eigenvalue weighted by Gasteiger charge is -2.18.